The zero-order valence-electron chi connectivity index (χ0n) is 20.8. The number of anilines is 1. The largest absolute Gasteiger partial charge is 0.573 e. The number of imidazole rings is 1. The van der Waals surface area contributed by atoms with E-state index in [1.807, 2.05) is 0 Å². The topological polar surface area (TPSA) is 104 Å². The maximum Gasteiger partial charge on any atom is 0.573 e. The summed E-state index contributed by atoms with van der Waals surface area (Å²) in [5, 5.41) is 0.852. The molecule has 4 rings (SSSR count). The van der Waals surface area contributed by atoms with E-state index in [0.29, 0.717) is 0 Å². The number of carbonyl (C=O) groups is 1. The van der Waals surface area contributed by atoms with Gasteiger partial charge in [-0.05, 0) is 31.2 Å². The van der Waals surface area contributed by atoms with E-state index in [1.165, 1.54) is 23.7 Å². The monoisotopic (exact) mass is 574 g/mol. The molecule has 17 heteroatoms. The number of hydroxylamine groups is 2. The molecule has 0 amide bonds. The van der Waals surface area contributed by atoms with Crippen LogP contribution in [0.2, 0.25) is 0 Å². The molecule has 2 aromatic heterocycles. The van der Waals surface area contributed by atoms with Crippen LogP contribution in [0.25, 0.3) is 16.9 Å². The summed E-state index contributed by atoms with van der Waals surface area (Å²) in [5.74, 6) is 2.77. The maximum atomic E-state index is 13.2. The Hall–Kier alpha value is -4.46. The van der Waals surface area contributed by atoms with E-state index in [1.54, 1.807) is 11.8 Å². The second-order valence-corrected chi connectivity index (χ2v) is 8.41. The molecule has 3 aromatic rings. The summed E-state index contributed by atoms with van der Waals surface area (Å²) in [6, 6.07) is 4.36. The predicted octanol–water partition coefficient (Wildman–Crippen LogP) is 1.95. The molecule has 1 aromatic carbocycles. The van der Waals surface area contributed by atoms with Crippen LogP contribution >= 0.6 is 0 Å². The Bertz CT molecular complexity index is 1600. The van der Waals surface area contributed by atoms with Crippen LogP contribution in [0.1, 0.15) is 6.92 Å². The third-order valence-electron chi connectivity index (χ3n) is 5.83. The second-order valence-electron chi connectivity index (χ2n) is 8.41. The van der Waals surface area contributed by atoms with Gasteiger partial charge >= 0.3 is 24.2 Å². The van der Waals surface area contributed by atoms with Gasteiger partial charge in [0.25, 0.3) is 5.56 Å². The minimum atomic E-state index is -5.16. The zero-order valence-corrected chi connectivity index (χ0v) is 20.8. The van der Waals surface area contributed by atoms with Crippen LogP contribution in [-0.2, 0) is 23.2 Å². The first-order valence-electron chi connectivity index (χ1n) is 11.5. The van der Waals surface area contributed by atoms with Gasteiger partial charge in [0.05, 0.1) is 25.3 Å². The lowest BCUT2D eigenvalue weighted by Crippen LogP contribution is -2.49. The Morgan fingerprint density at radius 3 is 2.20 bits per heavy atom. The fraction of sp³-hybridized carbons (Fsp3) is 0.391. The van der Waals surface area contributed by atoms with Gasteiger partial charge < -0.3 is 14.5 Å². The molecule has 0 radical (unpaired) electrons. The standard InChI is InChI=1S/C23H20F6N6O5/c1-3-4-9-34-16-17(30-20(34)32-10-12-33(13-11-32)40-19(37)22(24,25)26)35(21(38)31(2)18(16)36)14-5-7-15(8-6-14)39-23(27,28)29/h5-8H,9-13H2,1-2H3. The van der Waals surface area contributed by atoms with E-state index < -0.39 is 35.5 Å². The highest BCUT2D eigenvalue weighted by molar-refractivity contribution is 5.77. The van der Waals surface area contributed by atoms with Gasteiger partial charge in [-0.2, -0.15) is 18.2 Å². The summed E-state index contributed by atoms with van der Waals surface area (Å²) in [4.78, 5) is 48.0. The van der Waals surface area contributed by atoms with Crippen molar-refractivity contribution in [1.29, 1.82) is 0 Å². The van der Waals surface area contributed by atoms with Crippen molar-refractivity contribution >= 4 is 23.1 Å². The molecule has 11 nitrogen and oxygen atoms in total. The van der Waals surface area contributed by atoms with Crippen molar-refractivity contribution in [2.75, 3.05) is 31.1 Å². The summed E-state index contributed by atoms with van der Waals surface area (Å²) < 4.78 is 82.5. The number of aromatic nitrogens is 4. The lowest BCUT2D eigenvalue weighted by Gasteiger charge is -2.34. The number of alkyl halides is 6. The highest BCUT2D eigenvalue weighted by Gasteiger charge is 2.43. The van der Waals surface area contributed by atoms with Crippen molar-refractivity contribution in [2.45, 2.75) is 26.0 Å². The van der Waals surface area contributed by atoms with Crippen LogP contribution in [0.5, 0.6) is 5.75 Å². The first kappa shape index (κ1) is 28.5. The molecule has 0 aliphatic carbocycles. The fourth-order valence-corrected chi connectivity index (χ4v) is 4.01. The molecule has 0 atom stereocenters. The van der Waals surface area contributed by atoms with Gasteiger partial charge in [-0.1, -0.05) is 5.92 Å². The van der Waals surface area contributed by atoms with Crippen LogP contribution < -0.4 is 20.9 Å². The first-order chi connectivity index (χ1) is 18.7. The van der Waals surface area contributed by atoms with Gasteiger partial charge in [-0.25, -0.2) is 14.2 Å². The van der Waals surface area contributed by atoms with E-state index in [9.17, 15) is 40.7 Å². The van der Waals surface area contributed by atoms with Gasteiger partial charge in [0.15, 0.2) is 11.2 Å². The highest BCUT2D eigenvalue weighted by Crippen LogP contribution is 2.26. The van der Waals surface area contributed by atoms with Crippen molar-refractivity contribution in [3.63, 3.8) is 0 Å². The van der Waals surface area contributed by atoms with Crippen LogP contribution in [0.3, 0.4) is 0 Å². The van der Waals surface area contributed by atoms with Crippen molar-refractivity contribution in [3.8, 4) is 23.3 Å². The summed E-state index contributed by atoms with van der Waals surface area (Å²) in [5.41, 5.74) is -1.62. The minimum absolute atomic E-state index is 0.0298. The molecule has 0 unspecified atom stereocenters. The Labute approximate surface area is 220 Å². The van der Waals surface area contributed by atoms with Gasteiger partial charge in [-0.15, -0.1) is 24.2 Å². The number of fused-ring (bicyclic) bond motifs is 1. The minimum Gasteiger partial charge on any atom is -0.406 e. The lowest BCUT2D eigenvalue weighted by molar-refractivity contribution is -0.274. The van der Waals surface area contributed by atoms with E-state index >= 15 is 0 Å². The molecular weight excluding hydrogens is 554 g/mol. The molecule has 0 N–H and O–H groups in total. The van der Waals surface area contributed by atoms with Crippen LogP contribution in [0.4, 0.5) is 32.3 Å². The Kier molecular flexibility index (Phi) is 7.57. The average molecular weight is 574 g/mol. The highest BCUT2D eigenvalue weighted by atomic mass is 19.4. The molecule has 0 saturated carbocycles. The number of nitrogens with zero attached hydrogens (tertiary/aromatic N) is 6. The number of halogens is 6. The summed E-state index contributed by atoms with van der Waals surface area (Å²) in [6.45, 7) is 1.32. The smallest absolute Gasteiger partial charge is 0.406 e. The number of piperazine rings is 1. The second kappa shape index (κ2) is 10.6. The van der Waals surface area contributed by atoms with Crippen LogP contribution in [0.15, 0.2) is 33.9 Å². The van der Waals surface area contributed by atoms with Crippen molar-refractivity contribution in [2.24, 2.45) is 7.05 Å². The SMILES string of the molecule is CC#CCn1c(N2CCN(OC(=O)C(F)(F)F)CC2)nc2c1c(=O)n(C)c(=O)n2-c1ccc(OC(F)(F)F)cc1. The molecule has 1 aliphatic heterocycles. The quantitative estimate of drug-likeness (QED) is 0.337. The number of hydrogen-bond donors (Lipinski definition) is 0. The number of ether oxygens (including phenoxy) is 1. The third kappa shape index (κ3) is 5.76. The zero-order chi connectivity index (χ0) is 29.4. The molecule has 214 valence electrons. The summed E-state index contributed by atoms with van der Waals surface area (Å²) >= 11 is 0. The fourth-order valence-electron chi connectivity index (χ4n) is 4.01. The Morgan fingerprint density at radius 2 is 1.65 bits per heavy atom. The van der Waals surface area contributed by atoms with E-state index in [4.69, 9.17) is 0 Å². The average Bonchev–Trinajstić information content (AvgIpc) is 3.25. The molecule has 0 bridgehead atoms. The van der Waals surface area contributed by atoms with Crippen LogP contribution in [0, 0.1) is 11.8 Å². The molecule has 40 heavy (non-hydrogen) atoms. The summed E-state index contributed by atoms with van der Waals surface area (Å²) in [7, 11) is 1.22. The number of rotatable bonds is 5. The third-order valence-corrected chi connectivity index (χ3v) is 5.83. The van der Waals surface area contributed by atoms with Crippen molar-refractivity contribution in [1.82, 2.24) is 23.7 Å². The van der Waals surface area contributed by atoms with Gasteiger partial charge in [0.1, 0.15) is 5.75 Å². The lowest BCUT2D eigenvalue weighted by atomic mass is 10.3. The van der Waals surface area contributed by atoms with E-state index in [-0.39, 0.29) is 55.5 Å². The van der Waals surface area contributed by atoms with Crippen molar-refractivity contribution in [3.05, 3.63) is 45.1 Å². The summed E-state index contributed by atoms with van der Waals surface area (Å²) in [6.07, 6.45) is -10.1. The number of hydrogen-bond acceptors (Lipinski definition) is 8. The van der Waals surface area contributed by atoms with E-state index in [2.05, 4.69) is 26.4 Å². The first-order valence-corrected chi connectivity index (χ1v) is 11.5. The Morgan fingerprint density at radius 1 is 1.02 bits per heavy atom. The van der Waals surface area contributed by atoms with E-state index in [0.717, 1.165) is 26.3 Å². The van der Waals surface area contributed by atoms with Gasteiger partial charge in [0, 0.05) is 20.1 Å². The molecule has 1 aliphatic rings. The number of benzene rings is 1. The predicted molar refractivity (Wildman–Crippen MR) is 127 cm³/mol. The Balaban J connectivity index is 1.77. The van der Waals surface area contributed by atoms with Gasteiger partial charge in [-0.3, -0.25) is 13.9 Å². The molecule has 1 saturated heterocycles. The molecular formula is C23H20F6N6O5. The van der Waals surface area contributed by atoms with Crippen molar-refractivity contribution < 1.29 is 40.7 Å². The molecule has 3 heterocycles. The molecule has 1 fully saturated rings. The number of carbonyl (C=O) groups excluding carboxylic acids is 1. The van der Waals surface area contributed by atoms with Crippen LogP contribution in [-0.4, -0.2) is 68.4 Å². The maximum absolute atomic E-state index is 13.2. The normalized spacial score (nSPS) is 14.7. The molecule has 0 spiro atoms. The van der Waals surface area contributed by atoms with Gasteiger partial charge in [0.2, 0.25) is 5.95 Å².